The van der Waals surface area contributed by atoms with Gasteiger partial charge in [0.2, 0.25) is 0 Å². The van der Waals surface area contributed by atoms with Crippen molar-refractivity contribution in [1.29, 1.82) is 0 Å². The van der Waals surface area contributed by atoms with Gasteiger partial charge in [-0.2, -0.15) is 0 Å². The molecule has 0 saturated carbocycles. The summed E-state index contributed by atoms with van der Waals surface area (Å²) in [4.78, 5) is 15.2. The molecular formula is C10H15N3O. The summed E-state index contributed by atoms with van der Waals surface area (Å²) in [6.07, 6.45) is 0. The van der Waals surface area contributed by atoms with Crippen LogP contribution in [0.1, 0.15) is 0 Å². The van der Waals surface area contributed by atoms with Crippen molar-refractivity contribution in [2.75, 3.05) is 39.8 Å². The maximum Gasteiger partial charge on any atom is 0.296 e. The minimum atomic E-state index is -0.431. The van der Waals surface area contributed by atoms with E-state index in [1.165, 1.54) is 0 Å². The molecule has 0 aromatic carbocycles. The van der Waals surface area contributed by atoms with Gasteiger partial charge in [0.05, 0.1) is 13.6 Å². The fraction of sp³-hybridized carbons (Fsp3) is 0.600. The predicted molar refractivity (Wildman–Crippen MR) is 54.2 cm³/mol. The first-order valence-corrected chi connectivity index (χ1v) is 4.62. The summed E-state index contributed by atoms with van der Waals surface area (Å²) in [7, 11) is 6.99. The van der Waals surface area contributed by atoms with Gasteiger partial charge in [0.1, 0.15) is 0 Å². The van der Waals surface area contributed by atoms with Crippen molar-refractivity contribution in [3.8, 4) is 11.8 Å². The lowest BCUT2D eigenvalue weighted by Gasteiger charge is -2.30. The van der Waals surface area contributed by atoms with Crippen LogP contribution in [-0.4, -0.2) is 55.5 Å². The van der Waals surface area contributed by atoms with E-state index in [0.29, 0.717) is 6.54 Å². The molecule has 1 amide bonds. The molecule has 1 fully saturated rings. The molecule has 0 aromatic rings. The summed E-state index contributed by atoms with van der Waals surface area (Å²) in [6, 6.07) is 0. The first-order chi connectivity index (χ1) is 6.72. The van der Waals surface area contributed by atoms with Crippen LogP contribution in [0.5, 0.6) is 0 Å². The molecule has 0 bridgehead atoms. The largest absolute Gasteiger partial charge is 0.338 e. The van der Waals surface area contributed by atoms with Crippen molar-refractivity contribution >= 4 is 5.91 Å². The van der Waals surface area contributed by atoms with E-state index in [4.69, 9.17) is 7.05 Å². The Bertz CT molecular complexity index is 246. The van der Waals surface area contributed by atoms with Gasteiger partial charge in [-0.05, 0) is 13.0 Å². The van der Waals surface area contributed by atoms with Crippen molar-refractivity contribution in [2.45, 2.75) is 0 Å². The molecule has 1 saturated heterocycles. The number of hydrogen-bond donors (Lipinski definition) is 1. The molecule has 0 aromatic heterocycles. The van der Waals surface area contributed by atoms with Crippen LogP contribution in [0.25, 0.3) is 0 Å². The topological polar surface area (TPSA) is 35.6 Å². The van der Waals surface area contributed by atoms with Gasteiger partial charge in [-0.15, -0.1) is 0 Å². The third kappa shape index (κ3) is 3.77. The lowest BCUT2D eigenvalue weighted by Crippen LogP contribution is -2.44. The normalized spacial score (nSPS) is 18.4. The minimum absolute atomic E-state index is 0.431. The van der Waals surface area contributed by atoms with Crippen molar-refractivity contribution < 1.29 is 4.79 Å². The predicted octanol–water partition coefficient (Wildman–Crippen LogP) is -0.978. The molecule has 76 valence electrons. The molecule has 1 heterocycles. The van der Waals surface area contributed by atoms with E-state index in [1.807, 2.05) is 5.32 Å². The van der Waals surface area contributed by atoms with Crippen LogP contribution in [0.15, 0.2) is 0 Å². The second-order valence-corrected chi connectivity index (χ2v) is 3.35. The molecular weight excluding hydrogens is 178 g/mol. The third-order valence-electron chi connectivity index (χ3n) is 2.23. The summed E-state index contributed by atoms with van der Waals surface area (Å²) >= 11 is 0. The summed E-state index contributed by atoms with van der Waals surface area (Å²) in [5, 5.41) is 1.97. The van der Waals surface area contributed by atoms with Gasteiger partial charge >= 0.3 is 0 Å². The molecule has 4 nitrogen and oxygen atoms in total. The Kier molecular flexibility index (Phi) is 4.44. The molecule has 2 radical (unpaired) electrons. The standard InChI is InChI=1S/C10H15N3O/c1-11-10(14)4-3-5-13-8-6-12(2)7-9-13/h1H,5-9H2,2H3,(H,11,14). The van der Waals surface area contributed by atoms with Crippen LogP contribution < -0.4 is 5.32 Å². The maximum absolute atomic E-state index is 10.7. The first kappa shape index (κ1) is 11.0. The van der Waals surface area contributed by atoms with Crippen molar-refractivity contribution in [3.05, 3.63) is 7.05 Å². The first-order valence-electron chi connectivity index (χ1n) is 4.62. The van der Waals surface area contributed by atoms with E-state index in [0.717, 1.165) is 26.2 Å². The molecule has 1 aliphatic rings. The lowest BCUT2D eigenvalue weighted by atomic mass is 10.3. The molecule has 0 unspecified atom stereocenters. The van der Waals surface area contributed by atoms with Crippen LogP contribution in [0.3, 0.4) is 0 Å². The van der Waals surface area contributed by atoms with Gasteiger partial charge in [-0.25, -0.2) is 0 Å². The fourth-order valence-corrected chi connectivity index (χ4v) is 1.27. The summed E-state index contributed by atoms with van der Waals surface area (Å²) < 4.78 is 0. The zero-order valence-corrected chi connectivity index (χ0v) is 8.42. The Labute approximate surface area is 85.2 Å². The Morgan fingerprint density at radius 2 is 2.07 bits per heavy atom. The molecule has 1 aliphatic heterocycles. The van der Waals surface area contributed by atoms with E-state index in [-0.39, 0.29) is 0 Å². The Morgan fingerprint density at radius 3 is 2.64 bits per heavy atom. The van der Waals surface area contributed by atoms with Gasteiger partial charge in [0.15, 0.2) is 0 Å². The highest BCUT2D eigenvalue weighted by Gasteiger charge is 2.11. The summed E-state index contributed by atoms with van der Waals surface area (Å²) in [5.74, 6) is 4.77. The smallest absolute Gasteiger partial charge is 0.296 e. The average molecular weight is 193 g/mol. The van der Waals surface area contributed by atoms with Crippen LogP contribution in [-0.2, 0) is 4.79 Å². The lowest BCUT2D eigenvalue weighted by molar-refractivity contribution is -0.114. The molecule has 0 atom stereocenters. The highest BCUT2D eigenvalue weighted by atomic mass is 16.1. The molecule has 0 spiro atoms. The van der Waals surface area contributed by atoms with E-state index >= 15 is 0 Å². The van der Waals surface area contributed by atoms with Crippen molar-refractivity contribution in [2.24, 2.45) is 0 Å². The molecule has 1 rings (SSSR count). The molecule has 14 heavy (non-hydrogen) atoms. The van der Waals surface area contributed by atoms with E-state index in [2.05, 4.69) is 28.7 Å². The molecule has 0 aliphatic carbocycles. The number of piperazine rings is 1. The van der Waals surface area contributed by atoms with Crippen LogP contribution in [0, 0.1) is 18.9 Å². The number of amides is 1. The highest BCUT2D eigenvalue weighted by Crippen LogP contribution is 1.96. The molecule has 1 N–H and O–H groups in total. The monoisotopic (exact) mass is 193 g/mol. The van der Waals surface area contributed by atoms with Crippen LogP contribution in [0.4, 0.5) is 0 Å². The Balaban J connectivity index is 2.24. The summed E-state index contributed by atoms with van der Waals surface area (Å²) in [5.41, 5.74) is 0. The van der Waals surface area contributed by atoms with Gasteiger partial charge in [0, 0.05) is 26.2 Å². The maximum atomic E-state index is 10.7. The zero-order chi connectivity index (χ0) is 10.4. The number of carbonyl (C=O) groups excluding carboxylic acids is 1. The Hall–Kier alpha value is -1.05. The van der Waals surface area contributed by atoms with Gasteiger partial charge in [0.25, 0.3) is 5.91 Å². The molecule has 4 heteroatoms. The second kappa shape index (κ2) is 5.63. The van der Waals surface area contributed by atoms with Gasteiger partial charge in [-0.1, -0.05) is 5.92 Å². The number of nitrogens with zero attached hydrogens (tertiary/aromatic N) is 2. The number of carbonyl (C=O) groups is 1. The van der Waals surface area contributed by atoms with Crippen molar-refractivity contribution in [3.63, 3.8) is 0 Å². The number of rotatable bonds is 1. The zero-order valence-electron chi connectivity index (χ0n) is 8.42. The van der Waals surface area contributed by atoms with E-state index < -0.39 is 5.91 Å². The number of nitrogens with one attached hydrogen (secondary N) is 1. The fourth-order valence-electron chi connectivity index (χ4n) is 1.27. The van der Waals surface area contributed by atoms with E-state index in [1.54, 1.807) is 0 Å². The number of likely N-dealkylation sites (N-methyl/N-ethyl adjacent to an activating group) is 1. The van der Waals surface area contributed by atoms with Crippen LogP contribution in [0.2, 0.25) is 0 Å². The minimum Gasteiger partial charge on any atom is -0.338 e. The average Bonchev–Trinajstić information content (AvgIpc) is 2.21. The van der Waals surface area contributed by atoms with E-state index in [9.17, 15) is 4.79 Å². The second-order valence-electron chi connectivity index (χ2n) is 3.35. The SMILES string of the molecule is [CH]NC(=O)C#CCN1CCN(C)CC1. The number of hydrogen-bond acceptors (Lipinski definition) is 3. The quantitative estimate of drug-likeness (QED) is 0.429. The van der Waals surface area contributed by atoms with Gasteiger partial charge < -0.3 is 10.2 Å². The van der Waals surface area contributed by atoms with Gasteiger partial charge in [-0.3, -0.25) is 9.69 Å². The summed E-state index contributed by atoms with van der Waals surface area (Å²) in [6.45, 7) is 4.78. The Morgan fingerprint density at radius 1 is 1.43 bits per heavy atom. The third-order valence-corrected chi connectivity index (χ3v) is 2.23. The van der Waals surface area contributed by atoms with Crippen molar-refractivity contribution in [1.82, 2.24) is 15.1 Å². The van der Waals surface area contributed by atoms with Crippen LogP contribution >= 0.6 is 0 Å². The highest BCUT2D eigenvalue weighted by molar-refractivity contribution is 5.93.